The van der Waals surface area contributed by atoms with Crippen LogP contribution in [0.2, 0.25) is 0 Å². The molecule has 0 bridgehead atoms. The second-order valence-electron chi connectivity index (χ2n) is 3.93. The van der Waals surface area contributed by atoms with E-state index in [9.17, 15) is 0 Å². The SMILES string of the molecule is COc1cc(N)ccc1SC1CCCC1. The fraction of sp³-hybridized carbons (Fsp3) is 0.500. The van der Waals surface area contributed by atoms with Gasteiger partial charge in [0.25, 0.3) is 0 Å². The molecule has 1 saturated carbocycles. The summed E-state index contributed by atoms with van der Waals surface area (Å²) in [6.07, 6.45) is 5.40. The Morgan fingerprint density at radius 1 is 1.33 bits per heavy atom. The molecule has 0 unspecified atom stereocenters. The maximum absolute atomic E-state index is 5.72. The summed E-state index contributed by atoms with van der Waals surface area (Å²) in [6, 6.07) is 5.91. The van der Waals surface area contributed by atoms with E-state index in [0.717, 1.165) is 16.7 Å². The van der Waals surface area contributed by atoms with Crippen LogP contribution in [0.3, 0.4) is 0 Å². The highest BCUT2D eigenvalue weighted by Gasteiger charge is 2.17. The third-order valence-corrected chi connectivity index (χ3v) is 4.18. The first-order valence-electron chi connectivity index (χ1n) is 5.40. The van der Waals surface area contributed by atoms with E-state index in [-0.39, 0.29) is 0 Å². The van der Waals surface area contributed by atoms with Crippen molar-refractivity contribution >= 4 is 17.4 Å². The minimum absolute atomic E-state index is 0.766. The molecular formula is C12H17NOS. The van der Waals surface area contributed by atoms with Gasteiger partial charge >= 0.3 is 0 Å². The van der Waals surface area contributed by atoms with Gasteiger partial charge in [-0.15, -0.1) is 11.8 Å². The highest BCUT2D eigenvalue weighted by atomic mass is 32.2. The number of nitrogens with two attached hydrogens (primary N) is 1. The zero-order chi connectivity index (χ0) is 10.7. The number of benzene rings is 1. The van der Waals surface area contributed by atoms with E-state index in [1.165, 1.54) is 30.6 Å². The van der Waals surface area contributed by atoms with Gasteiger partial charge in [-0.05, 0) is 25.0 Å². The third-order valence-electron chi connectivity index (χ3n) is 2.78. The Morgan fingerprint density at radius 2 is 2.07 bits per heavy atom. The number of nitrogen functional groups attached to an aromatic ring is 1. The molecule has 1 aromatic carbocycles. The smallest absolute Gasteiger partial charge is 0.134 e. The van der Waals surface area contributed by atoms with Crippen LogP contribution in [0, 0.1) is 0 Å². The Hall–Kier alpha value is -0.830. The van der Waals surface area contributed by atoms with Crippen molar-refractivity contribution in [1.82, 2.24) is 0 Å². The first-order valence-corrected chi connectivity index (χ1v) is 6.28. The van der Waals surface area contributed by atoms with Crippen molar-refractivity contribution in [3.63, 3.8) is 0 Å². The monoisotopic (exact) mass is 223 g/mol. The number of ether oxygens (including phenoxy) is 1. The molecule has 2 N–H and O–H groups in total. The van der Waals surface area contributed by atoms with Gasteiger partial charge in [0.1, 0.15) is 5.75 Å². The zero-order valence-electron chi connectivity index (χ0n) is 9.03. The lowest BCUT2D eigenvalue weighted by molar-refractivity contribution is 0.405. The molecule has 0 aromatic heterocycles. The maximum atomic E-state index is 5.72. The van der Waals surface area contributed by atoms with Gasteiger partial charge in [-0.1, -0.05) is 12.8 Å². The van der Waals surface area contributed by atoms with Crippen LogP contribution in [0.5, 0.6) is 5.75 Å². The van der Waals surface area contributed by atoms with Gasteiger partial charge in [-0.2, -0.15) is 0 Å². The maximum Gasteiger partial charge on any atom is 0.134 e. The molecule has 15 heavy (non-hydrogen) atoms. The lowest BCUT2D eigenvalue weighted by Crippen LogP contribution is -1.96. The van der Waals surface area contributed by atoms with E-state index in [2.05, 4.69) is 6.07 Å². The van der Waals surface area contributed by atoms with Gasteiger partial charge in [0, 0.05) is 21.9 Å². The second-order valence-corrected chi connectivity index (χ2v) is 5.28. The summed E-state index contributed by atoms with van der Waals surface area (Å²) in [6.45, 7) is 0. The van der Waals surface area contributed by atoms with E-state index >= 15 is 0 Å². The predicted molar refractivity (Wildman–Crippen MR) is 65.5 cm³/mol. The van der Waals surface area contributed by atoms with Crippen LogP contribution in [0.1, 0.15) is 25.7 Å². The van der Waals surface area contributed by atoms with Crippen molar-refractivity contribution in [1.29, 1.82) is 0 Å². The molecule has 82 valence electrons. The first-order chi connectivity index (χ1) is 7.29. The molecule has 0 atom stereocenters. The molecule has 1 aromatic rings. The number of hydrogen-bond donors (Lipinski definition) is 1. The van der Waals surface area contributed by atoms with Gasteiger partial charge < -0.3 is 10.5 Å². The van der Waals surface area contributed by atoms with Crippen LogP contribution in [-0.2, 0) is 0 Å². The molecule has 0 saturated heterocycles. The van der Waals surface area contributed by atoms with Gasteiger partial charge in [0.2, 0.25) is 0 Å². The molecule has 0 aliphatic heterocycles. The summed E-state index contributed by atoms with van der Waals surface area (Å²) < 4.78 is 5.34. The van der Waals surface area contributed by atoms with Crippen molar-refractivity contribution in [2.75, 3.05) is 12.8 Å². The summed E-state index contributed by atoms with van der Waals surface area (Å²) in [5.41, 5.74) is 6.49. The Balaban J connectivity index is 2.12. The van der Waals surface area contributed by atoms with Crippen molar-refractivity contribution in [2.24, 2.45) is 0 Å². The van der Waals surface area contributed by atoms with E-state index in [1.807, 2.05) is 23.9 Å². The van der Waals surface area contributed by atoms with Crippen LogP contribution >= 0.6 is 11.8 Å². The van der Waals surface area contributed by atoms with Crippen LogP contribution in [0.4, 0.5) is 5.69 Å². The average Bonchev–Trinajstić information content (AvgIpc) is 2.73. The molecule has 2 rings (SSSR count). The van der Waals surface area contributed by atoms with Crippen LogP contribution in [0.25, 0.3) is 0 Å². The average molecular weight is 223 g/mol. The predicted octanol–water partition coefficient (Wildman–Crippen LogP) is 3.31. The standard InChI is InChI=1S/C12H17NOS/c1-14-11-8-9(13)6-7-12(11)15-10-4-2-3-5-10/h6-8,10H,2-5,13H2,1H3. The van der Waals surface area contributed by atoms with Gasteiger partial charge in [0.15, 0.2) is 0 Å². The highest BCUT2D eigenvalue weighted by molar-refractivity contribution is 8.00. The number of anilines is 1. The van der Waals surface area contributed by atoms with Crippen LogP contribution in [-0.4, -0.2) is 12.4 Å². The topological polar surface area (TPSA) is 35.2 Å². The molecule has 0 spiro atoms. The summed E-state index contributed by atoms with van der Waals surface area (Å²) in [7, 11) is 1.70. The zero-order valence-corrected chi connectivity index (χ0v) is 9.85. The number of thioether (sulfide) groups is 1. The van der Waals surface area contributed by atoms with Crippen molar-refractivity contribution in [3.05, 3.63) is 18.2 Å². The molecule has 1 aliphatic rings. The number of methoxy groups -OCH3 is 1. The van der Waals surface area contributed by atoms with Crippen LogP contribution in [0.15, 0.2) is 23.1 Å². The molecule has 2 nitrogen and oxygen atoms in total. The van der Waals surface area contributed by atoms with Gasteiger partial charge in [0.05, 0.1) is 7.11 Å². The van der Waals surface area contributed by atoms with Crippen molar-refractivity contribution in [2.45, 2.75) is 35.8 Å². The van der Waals surface area contributed by atoms with E-state index in [4.69, 9.17) is 10.5 Å². The van der Waals surface area contributed by atoms with E-state index < -0.39 is 0 Å². The quantitative estimate of drug-likeness (QED) is 0.798. The molecular weight excluding hydrogens is 206 g/mol. The summed E-state index contributed by atoms with van der Waals surface area (Å²) in [5, 5.41) is 0.766. The fourth-order valence-electron chi connectivity index (χ4n) is 1.97. The molecule has 0 heterocycles. The fourth-order valence-corrected chi connectivity index (χ4v) is 3.30. The Kier molecular flexibility index (Phi) is 3.41. The molecule has 0 radical (unpaired) electrons. The molecule has 1 fully saturated rings. The third kappa shape index (κ3) is 2.59. The van der Waals surface area contributed by atoms with E-state index in [0.29, 0.717) is 0 Å². The minimum Gasteiger partial charge on any atom is -0.496 e. The van der Waals surface area contributed by atoms with Gasteiger partial charge in [-0.3, -0.25) is 0 Å². The Morgan fingerprint density at radius 3 is 2.73 bits per heavy atom. The lowest BCUT2D eigenvalue weighted by Gasteiger charge is -2.12. The lowest BCUT2D eigenvalue weighted by atomic mass is 10.3. The van der Waals surface area contributed by atoms with Crippen molar-refractivity contribution < 1.29 is 4.74 Å². The first kappa shape index (κ1) is 10.7. The minimum atomic E-state index is 0.766. The second kappa shape index (κ2) is 4.79. The van der Waals surface area contributed by atoms with Crippen LogP contribution < -0.4 is 10.5 Å². The normalized spacial score (nSPS) is 16.9. The molecule has 3 heteroatoms. The number of hydrogen-bond acceptors (Lipinski definition) is 3. The summed E-state index contributed by atoms with van der Waals surface area (Å²) in [4.78, 5) is 1.22. The highest BCUT2D eigenvalue weighted by Crippen LogP contribution is 2.39. The summed E-state index contributed by atoms with van der Waals surface area (Å²) >= 11 is 1.93. The Bertz CT molecular complexity index is 334. The van der Waals surface area contributed by atoms with E-state index in [1.54, 1.807) is 7.11 Å². The van der Waals surface area contributed by atoms with Crippen molar-refractivity contribution in [3.8, 4) is 5.75 Å². The largest absolute Gasteiger partial charge is 0.496 e. The van der Waals surface area contributed by atoms with Gasteiger partial charge in [-0.25, -0.2) is 0 Å². The Labute approximate surface area is 95.2 Å². The molecule has 0 amide bonds. The summed E-state index contributed by atoms with van der Waals surface area (Å²) in [5.74, 6) is 0.909. The molecule has 1 aliphatic carbocycles. The number of rotatable bonds is 3.